The standard InChI is InChI=1S/C22H22N2OS/c1-4-18(24(2)3)14-5-7-15(8-6-14)21-19(25)10-9-17-22(21)16-11-12-26-20(16)13-23-17/h5-13,18,25H,4H2,1-3H3. The van der Waals surface area contributed by atoms with E-state index >= 15 is 0 Å². The van der Waals surface area contributed by atoms with Gasteiger partial charge in [0.05, 0.1) is 10.2 Å². The molecule has 0 bridgehead atoms. The van der Waals surface area contributed by atoms with Gasteiger partial charge in [-0.2, -0.15) is 0 Å². The predicted molar refractivity (Wildman–Crippen MR) is 111 cm³/mol. The maximum absolute atomic E-state index is 10.6. The number of benzene rings is 2. The van der Waals surface area contributed by atoms with Gasteiger partial charge in [0, 0.05) is 28.6 Å². The van der Waals surface area contributed by atoms with E-state index in [1.807, 2.05) is 12.3 Å². The lowest BCUT2D eigenvalue weighted by Crippen LogP contribution is -2.18. The van der Waals surface area contributed by atoms with Gasteiger partial charge in [0.1, 0.15) is 5.75 Å². The second-order valence-electron chi connectivity index (χ2n) is 6.82. The van der Waals surface area contributed by atoms with Gasteiger partial charge in [0.15, 0.2) is 0 Å². The van der Waals surface area contributed by atoms with E-state index in [1.54, 1.807) is 17.4 Å². The summed E-state index contributed by atoms with van der Waals surface area (Å²) in [5, 5.41) is 14.9. The largest absolute Gasteiger partial charge is 0.507 e. The molecule has 0 fully saturated rings. The quantitative estimate of drug-likeness (QED) is 0.496. The maximum atomic E-state index is 10.6. The number of hydrogen-bond acceptors (Lipinski definition) is 4. The average Bonchev–Trinajstić information content (AvgIpc) is 3.12. The van der Waals surface area contributed by atoms with Crippen LogP contribution in [0.3, 0.4) is 0 Å². The minimum atomic E-state index is 0.297. The van der Waals surface area contributed by atoms with E-state index in [2.05, 4.69) is 66.6 Å². The van der Waals surface area contributed by atoms with Crippen LogP contribution in [-0.4, -0.2) is 29.1 Å². The van der Waals surface area contributed by atoms with Crippen LogP contribution in [0.2, 0.25) is 0 Å². The zero-order valence-electron chi connectivity index (χ0n) is 15.2. The lowest BCUT2D eigenvalue weighted by Gasteiger charge is -2.23. The summed E-state index contributed by atoms with van der Waals surface area (Å²) < 4.78 is 1.14. The molecule has 0 spiro atoms. The first-order valence-electron chi connectivity index (χ1n) is 8.84. The second-order valence-corrected chi connectivity index (χ2v) is 7.77. The van der Waals surface area contributed by atoms with Crippen LogP contribution < -0.4 is 0 Å². The molecule has 1 unspecified atom stereocenters. The predicted octanol–water partition coefficient (Wildman–Crippen LogP) is 5.83. The molecule has 4 rings (SSSR count). The van der Waals surface area contributed by atoms with Crippen LogP contribution in [0.15, 0.2) is 54.0 Å². The van der Waals surface area contributed by atoms with Crippen LogP contribution in [0.4, 0.5) is 0 Å². The SMILES string of the molecule is CCC(c1ccc(-c2c(O)ccc3ncc4sccc4c23)cc1)N(C)C. The van der Waals surface area contributed by atoms with Crippen molar-refractivity contribution in [2.45, 2.75) is 19.4 Å². The number of aromatic hydroxyl groups is 1. The first-order chi connectivity index (χ1) is 12.6. The number of aromatic nitrogens is 1. The van der Waals surface area contributed by atoms with E-state index in [1.165, 1.54) is 5.56 Å². The molecular weight excluding hydrogens is 340 g/mol. The number of pyridine rings is 1. The molecule has 132 valence electrons. The van der Waals surface area contributed by atoms with Gasteiger partial charge < -0.3 is 10.0 Å². The Morgan fingerprint density at radius 1 is 1.08 bits per heavy atom. The highest BCUT2D eigenvalue weighted by molar-refractivity contribution is 7.17. The highest BCUT2D eigenvalue weighted by atomic mass is 32.1. The first kappa shape index (κ1) is 17.0. The Hall–Kier alpha value is -2.43. The van der Waals surface area contributed by atoms with Gasteiger partial charge in [-0.3, -0.25) is 4.98 Å². The topological polar surface area (TPSA) is 36.4 Å². The smallest absolute Gasteiger partial charge is 0.124 e. The summed E-state index contributed by atoms with van der Waals surface area (Å²) in [6.45, 7) is 2.20. The fourth-order valence-corrected chi connectivity index (χ4v) is 4.54. The lowest BCUT2D eigenvalue weighted by atomic mass is 9.95. The van der Waals surface area contributed by atoms with Gasteiger partial charge in [-0.1, -0.05) is 31.2 Å². The third-order valence-corrected chi connectivity index (χ3v) is 5.89. The number of rotatable bonds is 4. The van der Waals surface area contributed by atoms with E-state index in [4.69, 9.17) is 0 Å². The number of phenolic OH excluding ortho intramolecular Hbond substituents is 1. The summed E-state index contributed by atoms with van der Waals surface area (Å²) in [6, 6.07) is 14.7. The number of hydrogen-bond donors (Lipinski definition) is 1. The third kappa shape index (κ3) is 2.75. The van der Waals surface area contributed by atoms with Crippen LogP contribution in [0, 0.1) is 0 Å². The van der Waals surface area contributed by atoms with Crippen LogP contribution in [-0.2, 0) is 0 Å². The highest BCUT2D eigenvalue weighted by Crippen LogP contribution is 2.40. The Labute approximate surface area is 157 Å². The minimum Gasteiger partial charge on any atom is -0.507 e. The summed E-state index contributed by atoms with van der Waals surface area (Å²) >= 11 is 1.67. The Morgan fingerprint density at radius 3 is 2.54 bits per heavy atom. The molecule has 2 aromatic carbocycles. The molecule has 4 heteroatoms. The van der Waals surface area contributed by atoms with Crippen molar-refractivity contribution in [2.24, 2.45) is 0 Å². The molecule has 0 amide bonds. The first-order valence-corrected chi connectivity index (χ1v) is 9.72. The van der Waals surface area contributed by atoms with E-state index in [9.17, 15) is 5.11 Å². The fraction of sp³-hybridized carbons (Fsp3) is 0.227. The molecule has 3 nitrogen and oxygen atoms in total. The molecule has 0 aliphatic carbocycles. The van der Waals surface area contributed by atoms with Gasteiger partial charge in [-0.15, -0.1) is 11.3 Å². The summed E-state index contributed by atoms with van der Waals surface area (Å²) in [7, 11) is 4.22. The van der Waals surface area contributed by atoms with Crippen molar-refractivity contribution in [3.05, 3.63) is 59.6 Å². The number of phenols is 1. The van der Waals surface area contributed by atoms with Gasteiger partial charge in [-0.05, 0) is 55.2 Å². The molecular formula is C22H22N2OS. The van der Waals surface area contributed by atoms with Crippen LogP contribution in [0.1, 0.15) is 24.9 Å². The van der Waals surface area contributed by atoms with Gasteiger partial charge >= 0.3 is 0 Å². The number of nitrogens with zero attached hydrogens (tertiary/aromatic N) is 2. The summed E-state index contributed by atoms with van der Waals surface area (Å²) in [4.78, 5) is 6.82. The molecule has 26 heavy (non-hydrogen) atoms. The third-order valence-electron chi connectivity index (χ3n) is 5.04. The molecule has 2 aromatic heterocycles. The zero-order chi connectivity index (χ0) is 18.3. The second kappa shape index (κ2) is 6.71. The van der Waals surface area contributed by atoms with Crippen molar-refractivity contribution >= 4 is 32.3 Å². The molecule has 1 N–H and O–H groups in total. The summed E-state index contributed by atoms with van der Waals surface area (Å²) in [5.74, 6) is 0.297. The fourth-order valence-electron chi connectivity index (χ4n) is 3.78. The number of fused-ring (bicyclic) bond motifs is 3. The highest BCUT2D eigenvalue weighted by Gasteiger charge is 2.16. The normalized spacial score (nSPS) is 12.9. The van der Waals surface area contributed by atoms with Crippen molar-refractivity contribution in [3.8, 4) is 16.9 Å². The number of thiophene rings is 1. The molecule has 0 aliphatic heterocycles. The molecule has 1 atom stereocenters. The lowest BCUT2D eigenvalue weighted by molar-refractivity contribution is 0.292. The van der Waals surface area contributed by atoms with Crippen molar-refractivity contribution in [2.75, 3.05) is 14.1 Å². The van der Waals surface area contributed by atoms with Crippen LogP contribution in [0.25, 0.3) is 32.1 Å². The molecule has 0 radical (unpaired) electrons. The molecule has 0 saturated carbocycles. The Kier molecular flexibility index (Phi) is 4.39. The monoisotopic (exact) mass is 362 g/mol. The summed E-state index contributed by atoms with van der Waals surface area (Å²) in [5.41, 5.74) is 4.08. The Morgan fingerprint density at radius 2 is 1.85 bits per heavy atom. The maximum Gasteiger partial charge on any atom is 0.124 e. The van der Waals surface area contributed by atoms with E-state index in [0.717, 1.165) is 38.5 Å². The van der Waals surface area contributed by atoms with Crippen LogP contribution in [0.5, 0.6) is 5.75 Å². The van der Waals surface area contributed by atoms with E-state index < -0.39 is 0 Å². The van der Waals surface area contributed by atoms with Crippen molar-refractivity contribution in [1.82, 2.24) is 9.88 Å². The van der Waals surface area contributed by atoms with Crippen molar-refractivity contribution in [3.63, 3.8) is 0 Å². The Balaban J connectivity index is 1.91. The average molecular weight is 362 g/mol. The van der Waals surface area contributed by atoms with Crippen molar-refractivity contribution < 1.29 is 5.11 Å². The van der Waals surface area contributed by atoms with E-state index in [-0.39, 0.29) is 0 Å². The molecule has 2 heterocycles. The summed E-state index contributed by atoms with van der Waals surface area (Å²) in [6.07, 6.45) is 2.97. The van der Waals surface area contributed by atoms with E-state index in [0.29, 0.717) is 11.8 Å². The minimum absolute atomic E-state index is 0.297. The molecule has 4 aromatic rings. The van der Waals surface area contributed by atoms with Gasteiger partial charge in [0.2, 0.25) is 0 Å². The molecule has 0 aliphatic rings. The Bertz CT molecular complexity index is 1070. The molecule has 0 saturated heterocycles. The van der Waals surface area contributed by atoms with Gasteiger partial charge in [0.25, 0.3) is 0 Å². The van der Waals surface area contributed by atoms with Crippen LogP contribution >= 0.6 is 11.3 Å². The van der Waals surface area contributed by atoms with Gasteiger partial charge in [-0.25, -0.2) is 0 Å². The van der Waals surface area contributed by atoms with Crippen molar-refractivity contribution in [1.29, 1.82) is 0 Å². The zero-order valence-corrected chi connectivity index (χ0v) is 16.0.